The molecule has 5 heteroatoms. The molecule has 118 valence electrons. The van der Waals surface area contributed by atoms with Crippen LogP contribution in [0.15, 0.2) is 36.9 Å². The Labute approximate surface area is 130 Å². The van der Waals surface area contributed by atoms with Gasteiger partial charge in [-0.2, -0.15) is 0 Å². The second-order valence-electron chi connectivity index (χ2n) is 5.28. The van der Waals surface area contributed by atoms with Crippen LogP contribution in [0.4, 0.5) is 0 Å². The maximum Gasteiger partial charge on any atom is 0.326 e. The van der Waals surface area contributed by atoms with Crippen molar-refractivity contribution in [3.8, 4) is 5.75 Å². The minimum Gasteiger partial charge on any atom is -0.493 e. The third-order valence-electron chi connectivity index (χ3n) is 3.77. The summed E-state index contributed by atoms with van der Waals surface area (Å²) in [4.78, 5) is 24.7. The number of nitrogens with zero attached hydrogens (tertiary/aromatic N) is 1. The Morgan fingerprint density at radius 2 is 2.18 bits per heavy atom. The number of carbonyl (C=O) groups excluding carboxylic acids is 1. The minimum absolute atomic E-state index is 0.161. The van der Waals surface area contributed by atoms with Crippen LogP contribution in [0.5, 0.6) is 5.75 Å². The van der Waals surface area contributed by atoms with Crippen molar-refractivity contribution >= 4 is 11.9 Å². The van der Waals surface area contributed by atoms with E-state index in [1.54, 1.807) is 6.08 Å². The Balaban J connectivity index is 1.87. The van der Waals surface area contributed by atoms with Crippen LogP contribution < -0.4 is 4.74 Å². The van der Waals surface area contributed by atoms with Crippen molar-refractivity contribution in [1.29, 1.82) is 0 Å². The number of hydrogen-bond donors (Lipinski definition) is 1. The Morgan fingerprint density at radius 3 is 2.91 bits per heavy atom. The number of carboxylic acid groups (broad SMARTS) is 1. The zero-order chi connectivity index (χ0) is 15.9. The molecule has 1 aromatic carbocycles. The van der Waals surface area contributed by atoms with Gasteiger partial charge in [-0.3, -0.25) is 4.79 Å². The van der Waals surface area contributed by atoms with Crippen LogP contribution in [0.3, 0.4) is 0 Å². The van der Waals surface area contributed by atoms with Gasteiger partial charge in [-0.25, -0.2) is 4.79 Å². The first-order valence-corrected chi connectivity index (χ1v) is 7.47. The van der Waals surface area contributed by atoms with Crippen LogP contribution in [-0.2, 0) is 16.0 Å². The summed E-state index contributed by atoms with van der Waals surface area (Å²) in [6.07, 6.45) is 3.97. The number of likely N-dealkylation sites (tertiary alicyclic amines) is 1. The van der Waals surface area contributed by atoms with Gasteiger partial charge in [-0.05, 0) is 30.9 Å². The molecule has 1 fully saturated rings. The summed E-state index contributed by atoms with van der Waals surface area (Å²) >= 11 is 0. The van der Waals surface area contributed by atoms with E-state index in [0.29, 0.717) is 19.4 Å². The maximum absolute atomic E-state index is 12.1. The fourth-order valence-electron chi connectivity index (χ4n) is 2.68. The lowest BCUT2D eigenvalue weighted by Gasteiger charge is -2.21. The van der Waals surface area contributed by atoms with Crippen molar-refractivity contribution < 1.29 is 19.4 Å². The summed E-state index contributed by atoms with van der Waals surface area (Å²) in [5.41, 5.74) is 1.02. The second-order valence-corrected chi connectivity index (χ2v) is 5.28. The highest BCUT2D eigenvalue weighted by Crippen LogP contribution is 2.20. The summed E-state index contributed by atoms with van der Waals surface area (Å²) in [5.74, 6) is -0.347. The molecule has 0 saturated carbocycles. The molecule has 1 heterocycles. The smallest absolute Gasteiger partial charge is 0.326 e. The second kappa shape index (κ2) is 7.64. The highest BCUT2D eigenvalue weighted by atomic mass is 16.5. The van der Waals surface area contributed by atoms with Gasteiger partial charge in [0.1, 0.15) is 11.8 Å². The number of ether oxygens (including phenoxy) is 1. The molecule has 1 aliphatic rings. The number of aliphatic carboxylic acids is 1. The van der Waals surface area contributed by atoms with Crippen LogP contribution in [0.25, 0.3) is 0 Å². The first-order chi connectivity index (χ1) is 10.6. The number of allylic oxidation sites excluding steroid dienone is 1. The molecule has 0 spiro atoms. The van der Waals surface area contributed by atoms with E-state index in [9.17, 15) is 9.59 Å². The van der Waals surface area contributed by atoms with Crippen LogP contribution in [0.1, 0.15) is 24.8 Å². The maximum atomic E-state index is 12.1. The molecule has 22 heavy (non-hydrogen) atoms. The number of hydrogen-bond acceptors (Lipinski definition) is 3. The van der Waals surface area contributed by atoms with E-state index in [1.807, 2.05) is 24.3 Å². The molecule has 0 bridgehead atoms. The molecule has 1 N–H and O–H groups in total. The standard InChI is InChI=1S/C17H21NO4/c1-2-6-13-7-3-4-9-15(13)22-12-10-16(19)18-11-5-8-14(18)17(20)21/h2-4,7,9,14H,1,5-6,8,10-12H2,(H,20,21). The number of benzene rings is 1. The van der Waals surface area contributed by atoms with Crippen LogP contribution in [0.2, 0.25) is 0 Å². The number of carboxylic acids is 1. The van der Waals surface area contributed by atoms with Crippen molar-refractivity contribution in [3.05, 3.63) is 42.5 Å². The van der Waals surface area contributed by atoms with Crippen molar-refractivity contribution in [3.63, 3.8) is 0 Å². The van der Waals surface area contributed by atoms with Gasteiger partial charge in [0, 0.05) is 6.54 Å². The van der Waals surface area contributed by atoms with Gasteiger partial charge in [0.15, 0.2) is 0 Å². The molecule has 1 aliphatic heterocycles. The quantitative estimate of drug-likeness (QED) is 0.785. The first-order valence-electron chi connectivity index (χ1n) is 7.47. The van der Waals surface area contributed by atoms with Crippen LogP contribution >= 0.6 is 0 Å². The van der Waals surface area contributed by atoms with E-state index < -0.39 is 12.0 Å². The van der Waals surface area contributed by atoms with Crippen molar-refractivity contribution in [2.24, 2.45) is 0 Å². The highest BCUT2D eigenvalue weighted by Gasteiger charge is 2.33. The predicted molar refractivity (Wildman–Crippen MR) is 82.8 cm³/mol. The van der Waals surface area contributed by atoms with Crippen LogP contribution in [-0.4, -0.2) is 41.1 Å². The highest BCUT2D eigenvalue weighted by molar-refractivity contribution is 5.84. The molecule has 1 aromatic rings. The Morgan fingerprint density at radius 1 is 1.41 bits per heavy atom. The van der Waals surface area contributed by atoms with Gasteiger partial charge in [-0.15, -0.1) is 6.58 Å². The van der Waals surface area contributed by atoms with E-state index in [2.05, 4.69) is 6.58 Å². The molecular formula is C17H21NO4. The third-order valence-corrected chi connectivity index (χ3v) is 3.77. The molecule has 1 amide bonds. The number of rotatable bonds is 7. The normalized spacial score (nSPS) is 17.3. The molecular weight excluding hydrogens is 282 g/mol. The molecule has 1 atom stereocenters. The summed E-state index contributed by atoms with van der Waals surface area (Å²) in [6, 6.07) is 6.95. The Hall–Kier alpha value is -2.30. The van der Waals surface area contributed by atoms with Gasteiger partial charge < -0.3 is 14.7 Å². The summed E-state index contributed by atoms with van der Waals surface area (Å²) in [7, 11) is 0. The minimum atomic E-state index is -0.928. The molecule has 2 rings (SSSR count). The Bertz CT molecular complexity index is 555. The lowest BCUT2D eigenvalue weighted by Crippen LogP contribution is -2.40. The first kappa shape index (κ1) is 16.1. The lowest BCUT2D eigenvalue weighted by atomic mass is 10.1. The summed E-state index contributed by atoms with van der Waals surface area (Å²) in [5, 5.41) is 9.10. The lowest BCUT2D eigenvalue weighted by molar-refractivity contribution is -0.148. The summed E-state index contributed by atoms with van der Waals surface area (Å²) < 4.78 is 5.67. The topological polar surface area (TPSA) is 66.8 Å². The largest absolute Gasteiger partial charge is 0.493 e. The van der Waals surface area contributed by atoms with E-state index in [-0.39, 0.29) is 18.9 Å². The Kier molecular flexibility index (Phi) is 5.58. The van der Waals surface area contributed by atoms with Gasteiger partial charge in [0.2, 0.25) is 5.91 Å². The molecule has 0 aromatic heterocycles. The van der Waals surface area contributed by atoms with Crippen molar-refractivity contribution in [2.45, 2.75) is 31.7 Å². The molecule has 0 aliphatic carbocycles. The summed E-state index contributed by atoms with van der Waals surface area (Å²) in [6.45, 7) is 4.47. The average molecular weight is 303 g/mol. The molecule has 5 nitrogen and oxygen atoms in total. The number of amides is 1. The zero-order valence-electron chi connectivity index (χ0n) is 12.5. The third kappa shape index (κ3) is 3.87. The molecule has 1 unspecified atom stereocenters. The van der Waals surface area contributed by atoms with Gasteiger partial charge >= 0.3 is 5.97 Å². The van der Waals surface area contributed by atoms with E-state index in [1.165, 1.54) is 4.90 Å². The molecule has 1 saturated heterocycles. The zero-order valence-corrected chi connectivity index (χ0v) is 12.5. The van der Waals surface area contributed by atoms with Gasteiger partial charge in [-0.1, -0.05) is 24.3 Å². The SMILES string of the molecule is C=CCc1ccccc1OCCC(=O)N1CCCC1C(=O)O. The fourth-order valence-corrected chi connectivity index (χ4v) is 2.68. The van der Waals surface area contributed by atoms with Crippen molar-refractivity contribution in [2.75, 3.05) is 13.2 Å². The van der Waals surface area contributed by atoms with Gasteiger partial charge in [0.25, 0.3) is 0 Å². The fraction of sp³-hybridized carbons (Fsp3) is 0.412. The number of para-hydroxylation sites is 1. The predicted octanol–water partition coefficient (Wildman–Crippen LogP) is 2.26. The molecule has 0 radical (unpaired) electrons. The van der Waals surface area contributed by atoms with Crippen LogP contribution in [0, 0.1) is 0 Å². The van der Waals surface area contributed by atoms with E-state index >= 15 is 0 Å². The van der Waals surface area contributed by atoms with Gasteiger partial charge in [0.05, 0.1) is 13.0 Å². The van der Waals surface area contributed by atoms with E-state index in [0.717, 1.165) is 17.7 Å². The van der Waals surface area contributed by atoms with Crippen molar-refractivity contribution in [1.82, 2.24) is 4.90 Å². The number of carbonyl (C=O) groups is 2. The average Bonchev–Trinajstić information content (AvgIpc) is 2.99. The monoisotopic (exact) mass is 303 g/mol. The van der Waals surface area contributed by atoms with E-state index in [4.69, 9.17) is 9.84 Å².